The van der Waals surface area contributed by atoms with Crippen LogP contribution in [0.4, 0.5) is 0 Å². The van der Waals surface area contributed by atoms with Crippen LogP contribution in [0.25, 0.3) is 0 Å². The standard InChI is InChI=1S/C19H28N2O/c1-15(16-9-4-2-5-10-16)21-18(22)19(13-8-14-20-19)17-11-6-3-7-12-17/h2,4-5,9-10,15,17,20H,3,6-8,11-14H2,1H3,(H,21,22)/t15?,19-/m1/s1. The van der Waals surface area contributed by atoms with Crippen molar-refractivity contribution in [3.63, 3.8) is 0 Å². The Kier molecular flexibility index (Phi) is 4.82. The molecule has 1 amide bonds. The average molecular weight is 300 g/mol. The van der Waals surface area contributed by atoms with E-state index in [9.17, 15) is 4.79 Å². The molecule has 1 saturated carbocycles. The molecule has 1 heterocycles. The molecule has 2 fully saturated rings. The van der Waals surface area contributed by atoms with Crippen molar-refractivity contribution in [3.05, 3.63) is 35.9 Å². The van der Waals surface area contributed by atoms with Gasteiger partial charge in [-0.2, -0.15) is 0 Å². The predicted molar refractivity (Wildman–Crippen MR) is 89.5 cm³/mol. The van der Waals surface area contributed by atoms with Crippen LogP contribution in [0.2, 0.25) is 0 Å². The molecule has 0 aromatic heterocycles. The molecule has 0 radical (unpaired) electrons. The number of rotatable bonds is 4. The highest BCUT2D eigenvalue weighted by molar-refractivity contribution is 5.87. The Morgan fingerprint density at radius 3 is 2.55 bits per heavy atom. The van der Waals surface area contributed by atoms with Crippen molar-refractivity contribution in [3.8, 4) is 0 Å². The Hall–Kier alpha value is -1.35. The van der Waals surface area contributed by atoms with Gasteiger partial charge in [-0.15, -0.1) is 0 Å². The molecule has 1 saturated heterocycles. The van der Waals surface area contributed by atoms with E-state index in [0.29, 0.717) is 5.92 Å². The van der Waals surface area contributed by atoms with Gasteiger partial charge < -0.3 is 10.6 Å². The summed E-state index contributed by atoms with van der Waals surface area (Å²) in [5.41, 5.74) is 0.858. The lowest BCUT2D eigenvalue weighted by atomic mass is 9.73. The smallest absolute Gasteiger partial charge is 0.241 e. The molecule has 3 rings (SSSR count). The summed E-state index contributed by atoms with van der Waals surface area (Å²) in [6.07, 6.45) is 8.37. The number of hydrogen-bond donors (Lipinski definition) is 2. The number of amides is 1. The van der Waals surface area contributed by atoms with E-state index in [1.807, 2.05) is 18.2 Å². The van der Waals surface area contributed by atoms with Crippen LogP contribution in [-0.2, 0) is 4.79 Å². The third-order valence-corrected chi connectivity index (χ3v) is 5.54. The maximum Gasteiger partial charge on any atom is 0.241 e. The second kappa shape index (κ2) is 6.82. The van der Waals surface area contributed by atoms with Gasteiger partial charge in [-0.25, -0.2) is 0 Å². The van der Waals surface area contributed by atoms with E-state index >= 15 is 0 Å². The summed E-state index contributed by atoms with van der Waals surface area (Å²) in [6, 6.07) is 10.3. The minimum Gasteiger partial charge on any atom is -0.348 e. The van der Waals surface area contributed by atoms with Crippen LogP contribution in [0.3, 0.4) is 0 Å². The van der Waals surface area contributed by atoms with E-state index in [2.05, 4.69) is 29.7 Å². The van der Waals surface area contributed by atoms with Gasteiger partial charge in [-0.05, 0) is 50.6 Å². The van der Waals surface area contributed by atoms with E-state index in [1.54, 1.807) is 0 Å². The van der Waals surface area contributed by atoms with Crippen LogP contribution in [0.1, 0.15) is 63.5 Å². The molecule has 2 N–H and O–H groups in total. The summed E-state index contributed by atoms with van der Waals surface area (Å²) in [6.45, 7) is 3.06. The first-order valence-corrected chi connectivity index (χ1v) is 8.83. The highest BCUT2D eigenvalue weighted by atomic mass is 16.2. The Bertz CT molecular complexity index is 487. The molecule has 120 valence electrons. The molecule has 1 aliphatic carbocycles. The summed E-state index contributed by atoms with van der Waals surface area (Å²) >= 11 is 0. The number of nitrogens with one attached hydrogen (secondary N) is 2. The zero-order valence-corrected chi connectivity index (χ0v) is 13.6. The molecule has 3 nitrogen and oxygen atoms in total. The number of hydrogen-bond acceptors (Lipinski definition) is 2. The van der Waals surface area contributed by atoms with Gasteiger partial charge >= 0.3 is 0 Å². The summed E-state index contributed by atoms with van der Waals surface area (Å²) < 4.78 is 0. The largest absolute Gasteiger partial charge is 0.348 e. The first-order valence-electron chi connectivity index (χ1n) is 8.83. The summed E-state index contributed by atoms with van der Waals surface area (Å²) in [4.78, 5) is 13.1. The van der Waals surface area contributed by atoms with Crippen molar-refractivity contribution in [1.82, 2.24) is 10.6 Å². The van der Waals surface area contributed by atoms with E-state index < -0.39 is 0 Å². The van der Waals surface area contributed by atoms with E-state index in [-0.39, 0.29) is 17.5 Å². The Balaban J connectivity index is 1.72. The van der Waals surface area contributed by atoms with Gasteiger partial charge in [0.1, 0.15) is 5.54 Å². The number of carbonyl (C=O) groups is 1. The maximum atomic E-state index is 13.1. The van der Waals surface area contributed by atoms with Crippen LogP contribution >= 0.6 is 0 Å². The van der Waals surface area contributed by atoms with Gasteiger partial charge in [-0.1, -0.05) is 49.6 Å². The van der Waals surface area contributed by atoms with Crippen molar-refractivity contribution in [2.45, 2.75) is 63.5 Å². The summed E-state index contributed by atoms with van der Waals surface area (Å²) in [7, 11) is 0. The second-order valence-electron chi connectivity index (χ2n) is 6.94. The molecule has 2 atom stereocenters. The molecule has 3 heteroatoms. The fourth-order valence-corrected chi connectivity index (χ4v) is 4.24. The van der Waals surface area contributed by atoms with Crippen LogP contribution < -0.4 is 10.6 Å². The van der Waals surface area contributed by atoms with Gasteiger partial charge in [0, 0.05) is 0 Å². The zero-order chi connectivity index (χ0) is 15.4. The molecule has 0 bridgehead atoms. The molecule has 1 aromatic carbocycles. The molecule has 2 aliphatic rings. The van der Waals surface area contributed by atoms with E-state index in [4.69, 9.17) is 0 Å². The second-order valence-corrected chi connectivity index (χ2v) is 6.94. The van der Waals surface area contributed by atoms with Crippen molar-refractivity contribution in [2.24, 2.45) is 5.92 Å². The third kappa shape index (κ3) is 3.05. The van der Waals surface area contributed by atoms with Crippen molar-refractivity contribution in [1.29, 1.82) is 0 Å². The minimum atomic E-state index is -0.316. The molecule has 22 heavy (non-hydrogen) atoms. The lowest BCUT2D eigenvalue weighted by Crippen LogP contribution is -2.59. The Morgan fingerprint density at radius 2 is 1.91 bits per heavy atom. The topological polar surface area (TPSA) is 41.1 Å². The normalized spacial score (nSPS) is 27.5. The summed E-state index contributed by atoms with van der Waals surface area (Å²) in [5.74, 6) is 0.722. The Labute approximate surface area is 133 Å². The molecule has 1 aliphatic heterocycles. The molecular formula is C19H28N2O. The van der Waals surface area contributed by atoms with E-state index in [1.165, 1.54) is 37.7 Å². The Morgan fingerprint density at radius 1 is 1.18 bits per heavy atom. The quantitative estimate of drug-likeness (QED) is 0.892. The van der Waals surface area contributed by atoms with E-state index in [0.717, 1.165) is 19.4 Å². The van der Waals surface area contributed by atoms with Crippen LogP contribution in [0.5, 0.6) is 0 Å². The average Bonchev–Trinajstić information content (AvgIpc) is 3.07. The third-order valence-electron chi connectivity index (χ3n) is 5.54. The number of carbonyl (C=O) groups excluding carboxylic acids is 1. The van der Waals surface area contributed by atoms with Crippen LogP contribution in [-0.4, -0.2) is 18.0 Å². The fraction of sp³-hybridized carbons (Fsp3) is 0.632. The molecule has 1 aromatic rings. The molecular weight excluding hydrogens is 272 g/mol. The minimum absolute atomic E-state index is 0.0663. The van der Waals surface area contributed by atoms with Gasteiger partial charge in [0.15, 0.2) is 0 Å². The lowest BCUT2D eigenvalue weighted by Gasteiger charge is -2.39. The van der Waals surface area contributed by atoms with Gasteiger partial charge in [0.05, 0.1) is 6.04 Å². The SMILES string of the molecule is CC(NC(=O)[C@]1(C2CCCCC2)CCCN1)c1ccccc1. The van der Waals surface area contributed by atoms with Gasteiger partial charge in [0.25, 0.3) is 0 Å². The maximum absolute atomic E-state index is 13.1. The molecule has 0 spiro atoms. The van der Waals surface area contributed by atoms with Gasteiger partial charge in [-0.3, -0.25) is 4.79 Å². The lowest BCUT2D eigenvalue weighted by molar-refractivity contribution is -0.130. The fourth-order valence-electron chi connectivity index (χ4n) is 4.24. The van der Waals surface area contributed by atoms with Gasteiger partial charge in [0.2, 0.25) is 5.91 Å². The number of benzene rings is 1. The first-order chi connectivity index (χ1) is 10.7. The molecule has 1 unspecified atom stereocenters. The highest BCUT2D eigenvalue weighted by Gasteiger charge is 2.47. The summed E-state index contributed by atoms with van der Waals surface area (Å²) in [5, 5.41) is 6.86. The van der Waals surface area contributed by atoms with Crippen molar-refractivity contribution in [2.75, 3.05) is 6.54 Å². The monoisotopic (exact) mass is 300 g/mol. The van der Waals surface area contributed by atoms with Crippen LogP contribution in [0.15, 0.2) is 30.3 Å². The van der Waals surface area contributed by atoms with Crippen molar-refractivity contribution >= 4 is 5.91 Å². The van der Waals surface area contributed by atoms with Crippen LogP contribution in [0, 0.1) is 5.92 Å². The van der Waals surface area contributed by atoms with Crippen molar-refractivity contribution < 1.29 is 4.79 Å². The highest BCUT2D eigenvalue weighted by Crippen LogP contribution is 2.38. The predicted octanol–water partition coefficient (Wildman–Crippen LogP) is 3.57. The first kappa shape index (κ1) is 15.5. The zero-order valence-electron chi connectivity index (χ0n) is 13.6.